The van der Waals surface area contributed by atoms with Gasteiger partial charge in [0.25, 0.3) is 0 Å². The predicted molar refractivity (Wildman–Crippen MR) is 74.2 cm³/mol. The van der Waals surface area contributed by atoms with Gasteiger partial charge in [-0.25, -0.2) is 9.00 Å². The Morgan fingerprint density at radius 2 is 2.16 bits per heavy atom. The van der Waals surface area contributed by atoms with Crippen LogP contribution in [0.4, 0.5) is 4.79 Å². The molecule has 1 rings (SSSR count). The quantitative estimate of drug-likeness (QED) is 0.798. The third-order valence-corrected chi connectivity index (χ3v) is 3.59. The van der Waals surface area contributed by atoms with Gasteiger partial charge in [-0.05, 0) is 40.2 Å². The van der Waals surface area contributed by atoms with Crippen LogP contribution < -0.4 is 0 Å². The van der Waals surface area contributed by atoms with E-state index in [9.17, 15) is 9.00 Å². The Morgan fingerprint density at radius 3 is 2.68 bits per heavy atom. The molecule has 1 fully saturated rings. The van der Waals surface area contributed by atoms with Crippen molar-refractivity contribution in [3.05, 3.63) is 0 Å². The number of carbonyl (C=O) groups excluding carboxylic acids is 1. The van der Waals surface area contributed by atoms with E-state index in [2.05, 4.69) is 0 Å². The molecule has 0 saturated carbocycles. The first kappa shape index (κ1) is 16.4. The van der Waals surface area contributed by atoms with E-state index in [1.165, 1.54) is 0 Å². The van der Waals surface area contributed by atoms with Gasteiger partial charge in [0.1, 0.15) is 11.5 Å². The minimum atomic E-state index is -1.83. The Hall–Kier alpha value is -0.660. The van der Waals surface area contributed by atoms with E-state index in [1.807, 2.05) is 25.7 Å². The lowest BCUT2D eigenvalue weighted by Crippen LogP contribution is -2.50. The molecule has 0 aliphatic carbocycles. The van der Waals surface area contributed by atoms with Crippen LogP contribution in [0.5, 0.6) is 0 Å². The molecule has 0 aromatic rings. The fourth-order valence-electron chi connectivity index (χ4n) is 2.10. The zero-order valence-corrected chi connectivity index (χ0v) is 12.9. The Bertz CT molecular complexity index is 343. The molecule has 0 bridgehead atoms. The molecule has 6 nitrogen and oxygen atoms in total. The maximum atomic E-state index is 12.0. The van der Waals surface area contributed by atoms with E-state index >= 15 is 0 Å². The molecule has 0 radical (unpaired) electrons. The summed E-state index contributed by atoms with van der Waals surface area (Å²) in [5.41, 5.74) is -0.508. The maximum Gasteiger partial charge on any atom is 0.410 e. The second-order valence-electron chi connectivity index (χ2n) is 5.91. The number of nitrogens with zero attached hydrogens (tertiary/aromatic N) is 2. The van der Waals surface area contributed by atoms with Crippen LogP contribution in [0.1, 0.15) is 33.6 Å². The lowest BCUT2D eigenvalue weighted by Gasteiger charge is -2.37. The number of amides is 1. The number of likely N-dealkylation sites (tertiary alicyclic amines) is 1. The van der Waals surface area contributed by atoms with Crippen molar-refractivity contribution >= 4 is 17.2 Å². The third kappa shape index (κ3) is 5.88. The predicted octanol–water partition coefficient (Wildman–Crippen LogP) is 1.50. The summed E-state index contributed by atoms with van der Waals surface area (Å²) in [5, 5.41) is 0. The van der Waals surface area contributed by atoms with E-state index in [0.717, 1.165) is 19.4 Å². The molecule has 1 heterocycles. The van der Waals surface area contributed by atoms with Crippen molar-refractivity contribution in [1.82, 2.24) is 9.80 Å². The summed E-state index contributed by atoms with van der Waals surface area (Å²) < 4.78 is 25.1. The molecule has 7 heteroatoms. The van der Waals surface area contributed by atoms with Gasteiger partial charge in [-0.2, -0.15) is 0 Å². The van der Waals surface area contributed by atoms with Crippen LogP contribution >= 0.6 is 0 Å². The molecule has 0 aromatic heterocycles. The van der Waals surface area contributed by atoms with E-state index in [1.54, 1.807) is 11.9 Å². The van der Waals surface area contributed by atoms with E-state index in [-0.39, 0.29) is 18.0 Å². The molecule has 0 spiro atoms. The molecular formula is C12H24N2O4S. The van der Waals surface area contributed by atoms with Crippen molar-refractivity contribution in [3.63, 3.8) is 0 Å². The molecule has 2 atom stereocenters. The normalized spacial score (nSPS) is 22.9. The van der Waals surface area contributed by atoms with Crippen molar-refractivity contribution in [2.75, 3.05) is 26.0 Å². The van der Waals surface area contributed by atoms with Crippen LogP contribution in [0, 0.1) is 0 Å². The smallest absolute Gasteiger partial charge is 0.410 e. The molecule has 1 N–H and O–H groups in total. The lowest BCUT2D eigenvalue weighted by molar-refractivity contribution is 0.0146. The fourth-order valence-corrected chi connectivity index (χ4v) is 2.65. The molecule has 1 aliphatic heterocycles. The van der Waals surface area contributed by atoms with Crippen molar-refractivity contribution in [2.45, 2.75) is 45.3 Å². The standard InChI is InChI=1S/C12H24N2O4S/c1-12(2,3)18-11(15)13(4)10-6-5-7-14(8-10)9-19(16)17/h10H,5-9H2,1-4H3,(H,16,17). The minimum absolute atomic E-state index is 0.0344. The highest BCUT2D eigenvalue weighted by atomic mass is 32.2. The van der Waals surface area contributed by atoms with Gasteiger partial charge in [-0.1, -0.05) is 0 Å². The van der Waals surface area contributed by atoms with Gasteiger partial charge in [-0.3, -0.25) is 4.90 Å². The van der Waals surface area contributed by atoms with Gasteiger partial charge in [0.15, 0.2) is 11.1 Å². The van der Waals surface area contributed by atoms with Crippen LogP contribution in [0.2, 0.25) is 0 Å². The summed E-state index contributed by atoms with van der Waals surface area (Å²) in [6.07, 6.45) is 1.46. The first-order chi connectivity index (χ1) is 8.69. The monoisotopic (exact) mass is 292 g/mol. The fraction of sp³-hybridized carbons (Fsp3) is 0.917. The zero-order chi connectivity index (χ0) is 14.6. The average Bonchev–Trinajstić information content (AvgIpc) is 2.25. The van der Waals surface area contributed by atoms with Crippen LogP contribution in [0.3, 0.4) is 0 Å². The Labute approximate surface area is 117 Å². The summed E-state index contributed by atoms with van der Waals surface area (Å²) >= 11 is -1.83. The topological polar surface area (TPSA) is 70.1 Å². The number of rotatable bonds is 3. The number of hydrogen-bond acceptors (Lipinski definition) is 4. The van der Waals surface area contributed by atoms with Crippen molar-refractivity contribution in [2.24, 2.45) is 0 Å². The highest BCUT2D eigenvalue weighted by Gasteiger charge is 2.29. The molecule has 1 saturated heterocycles. The number of carbonyl (C=O) groups is 1. The number of ether oxygens (including phenoxy) is 1. The van der Waals surface area contributed by atoms with Crippen LogP contribution in [0.15, 0.2) is 0 Å². The van der Waals surface area contributed by atoms with Crippen molar-refractivity contribution < 1.29 is 18.3 Å². The largest absolute Gasteiger partial charge is 0.444 e. The number of piperidine rings is 1. The summed E-state index contributed by atoms with van der Waals surface area (Å²) in [7, 11) is 1.72. The lowest BCUT2D eigenvalue weighted by atomic mass is 10.1. The molecule has 1 aliphatic rings. The maximum absolute atomic E-state index is 12.0. The summed E-state index contributed by atoms with van der Waals surface area (Å²) in [6, 6.07) is 0.0344. The second-order valence-corrected chi connectivity index (χ2v) is 6.82. The molecule has 0 aromatic carbocycles. The van der Waals surface area contributed by atoms with Gasteiger partial charge in [0.2, 0.25) is 0 Å². The minimum Gasteiger partial charge on any atom is -0.444 e. The van der Waals surface area contributed by atoms with Gasteiger partial charge in [0.05, 0.1) is 0 Å². The second kappa shape index (κ2) is 6.67. The number of likely N-dealkylation sites (N-methyl/N-ethyl adjacent to an activating group) is 1. The number of hydrogen-bond donors (Lipinski definition) is 1. The van der Waals surface area contributed by atoms with Gasteiger partial charge < -0.3 is 14.2 Å². The highest BCUT2D eigenvalue weighted by Crippen LogP contribution is 2.17. The zero-order valence-electron chi connectivity index (χ0n) is 12.1. The molecule has 19 heavy (non-hydrogen) atoms. The molecular weight excluding hydrogens is 268 g/mol. The SMILES string of the molecule is CN(C(=O)OC(C)(C)C)C1CCCN(CS(=O)O)C1. The van der Waals surface area contributed by atoms with Crippen molar-refractivity contribution in [1.29, 1.82) is 0 Å². The Morgan fingerprint density at radius 1 is 1.53 bits per heavy atom. The van der Waals surface area contributed by atoms with E-state index < -0.39 is 16.7 Å². The molecule has 112 valence electrons. The van der Waals surface area contributed by atoms with Crippen LogP contribution in [-0.4, -0.2) is 62.3 Å². The van der Waals surface area contributed by atoms with E-state index in [4.69, 9.17) is 9.29 Å². The third-order valence-electron chi connectivity index (χ3n) is 3.00. The molecule has 1 amide bonds. The first-order valence-electron chi connectivity index (χ1n) is 6.44. The average molecular weight is 292 g/mol. The highest BCUT2D eigenvalue weighted by molar-refractivity contribution is 7.79. The first-order valence-corrected chi connectivity index (χ1v) is 7.72. The van der Waals surface area contributed by atoms with Crippen LogP contribution in [0.25, 0.3) is 0 Å². The molecule has 2 unspecified atom stereocenters. The van der Waals surface area contributed by atoms with Gasteiger partial charge in [0, 0.05) is 19.6 Å². The van der Waals surface area contributed by atoms with Crippen molar-refractivity contribution in [3.8, 4) is 0 Å². The Balaban J connectivity index is 2.54. The van der Waals surface area contributed by atoms with Gasteiger partial charge in [-0.15, -0.1) is 0 Å². The summed E-state index contributed by atoms with van der Waals surface area (Å²) in [6.45, 7) is 6.91. The van der Waals surface area contributed by atoms with E-state index in [0.29, 0.717) is 6.54 Å². The Kier molecular flexibility index (Phi) is 5.76. The van der Waals surface area contributed by atoms with Gasteiger partial charge >= 0.3 is 6.09 Å². The summed E-state index contributed by atoms with van der Waals surface area (Å²) in [5.74, 6) is 0.138. The van der Waals surface area contributed by atoms with Crippen LogP contribution in [-0.2, 0) is 15.8 Å². The summed E-state index contributed by atoms with van der Waals surface area (Å²) in [4.78, 5) is 15.5.